The highest BCUT2D eigenvalue weighted by Crippen LogP contribution is 2.20. The quantitative estimate of drug-likeness (QED) is 0.780. The molecule has 0 aromatic carbocycles. The van der Waals surface area contributed by atoms with E-state index in [1.165, 1.54) is 19.3 Å². The molecule has 0 amide bonds. The minimum atomic E-state index is 0.276. The van der Waals surface area contributed by atoms with E-state index in [0.717, 1.165) is 36.0 Å². The van der Waals surface area contributed by atoms with Crippen molar-refractivity contribution in [3.63, 3.8) is 0 Å². The van der Waals surface area contributed by atoms with Crippen molar-refractivity contribution in [3.05, 3.63) is 23.0 Å². The average molecular weight is 262 g/mol. The molecule has 3 heteroatoms. The van der Waals surface area contributed by atoms with E-state index in [9.17, 15) is 4.79 Å². The van der Waals surface area contributed by atoms with Crippen LogP contribution in [0.1, 0.15) is 47.9 Å². The van der Waals surface area contributed by atoms with Crippen LogP contribution in [0, 0.1) is 19.8 Å². The first-order valence-corrected chi connectivity index (χ1v) is 7.41. The number of aryl methyl sites for hydroxylation is 1. The Bertz CT molecular complexity index is 462. The van der Waals surface area contributed by atoms with Gasteiger partial charge < -0.3 is 4.57 Å². The number of ketones is 1. The lowest BCUT2D eigenvalue weighted by Gasteiger charge is -2.31. The number of carbonyl (C=O) groups excluding carboxylic acids is 1. The summed E-state index contributed by atoms with van der Waals surface area (Å²) in [5, 5.41) is 0. The number of rotatable bonds is 4. The molecular weight excluding hydrogens is 236 g/mol. The molecule has 0 aliphatic carbocycles. The fourth-order valence-electron chi connectivity index (χ4n) is 3.05. The summed E-state index contributed by atoms with van der Waals surface area (Å²) < 4.78 is 2.10. The fraction of sp³-hybridized carbons (Fsp3) is 0.688. The lowest BCUT2D eigenvalue weighted by Crippen LogP contribution is -2.38. The summed E-state index contributed by atoms with van der Waals surface area (Å²) >= 11 is 0. The third-order valence-corrected chi connectivity index (χ3v) is 4.62. The van der Waals surface area contributed by atoms with E-state index in [1.807, 2.05) is 20.0 Å². The molecule has 1 aromatic heterocycles. The van der Waals surface area contributed by atoms with Gasteiger partial charge in [-0.15, -0.1) is 0 Å². The second-order valence-electron chi connectivity index (χ2n) is 5.92. The first-order valence-electron chi connectivity index (χ1n) is 7.41. The second-order valence-corrected chi connectivity index (χ2v) is 5.92. The van der Waals surface area contributed by atoms with Crippen molar-refractivity contribution >= 4 is 5.78 Å². The van der Waals surface area contributed by atoms with Gasteiger partial charge in [0.2, 0.25) is 0 Å². The van der Waals surface area contributed by atoms with Crippen molar-refractivity contribution in [1.29, 1.82) is 0 Å². The van der Waals surface area contributed by atoms with E-state index in [2.05, 4.69) is 23.3 Å². The number of carbonyl (C=O) groups is 1. The van der Waals surface area contributed by atoms with Crippen molar-refractivity contribution < 1.29 is 4.79 Å². The minimum absolute atomic E-state index is 0.276. The molecule has 1 saturated heterocycles. The van der Waals surface area contributed by atoms with Gasteiger partial charge in [0.25, 0.3) is 0 Å². The number of nitrogens with zero attached hydrogens (tertiary/aromatic N) is 2. The van der Waals surface area contributed by atoms with Gasteiger partial charge in [-0.2, -0.15) is 0 Å². The standard InChI is InChI=1S/C16H26N2O/c1-5-14-7-6-8-18(10-14)11-16(19)15-9-12(2)17(4)13(15)3/h9,14H,5-8,10-11H2,1-4H3. The molecule has 0 bridgehead atoms. The number of piperidine rings is 1. The van der Waals surface area contributed by atoms with Gasteiger partial charge in [-0.3, -0.25) is 9.69 Å². The maximum atomic E-state index is 12.4. The maximum absolute atomic E-state index is 12.4. The zero-order chi connectivity index (χ0) is 14.0. The van der Waals surface area contributed by atoms with Crippen LogP contribution in [0.15, 0.2) is 6.07 Å². The molecule has 2 heterocycles. The molecule has 19 heavy (non-hydrogen) atoms. The van der Waals surface area contributed by atoms with E-state index < -0.39 is 0 Å². The number of Topliss-reactive ketones (excluding diaryl/α,β-unsaturated/α-hetero) is 1. The van der Waals surface area contributed by atoms with Crippen LogP contribution in [-0.4, -0.2) is 34.9 Å². The summed E-state index contributed by atoms with van der Waals surface area (Å²) in [7, 11) is 2.02. The summed E-state index contributed by atoms with van der Waals surface area (Å²) in [4.78, 5) is 14.8. The summed E-state index contributed by atoms with van der Waals surface area (Å²) in [6.07, 6.45) is 3.79. The monoisotopic (exact) mass is 262 g/mol. The van der Waals surface area contributed by atoms with Gasteiger partial charge >= 0.3 is 0 Å². The molecular formula is C16H26N2O. The largest absolute Gasteiger partial charge is 0.351 e. The normalized spacial score (nSPS) is 20.7. The maximum Gasteiger partial charge on any atom is 0.178 e. The topological polar surface area (TPSA) is 25.2 Å². The molecule has 1 aliphatic rings. The molecule has 106 valence electrons. The average Bonchev–Trinajstić information content (AvgIpc) is 2.67. The van der Waals surface area contributed by atoms with Crippen LogP contribution in [0.3, 0.4) is 0 Å². The van der Waals surface area contributed by atoms with Crippen molar-refractivity contribution in [2.45, 2.75) is 40.0 Å². The van der Waals surface area contributed by atoms with Crippen LogP contribution in [-0.2, 0) is 7.05 Å². The lowest BCUT2D eigenvalue weighted by molar-refractivity contribution is 0.0884. The molecule has 1 aliphatic heterocycles. The number of hydrogen-bond donors (Lipinski definition) is 0. The second kappa shape index (κ2) is 5.91. The zero-order valence-electron chi connectivity index (χ0n) is 12.7. The Morgan fingerprint density at radius 2 is 2.16 bits per heavy atom. The van der Waals surface area contributed by atoms with Gasteiger partial charge in [0.1, 0.15) is 0 Å². The number of likely N-dealkylation sites (tertiary alicyclic amines) is 1. The predicted molar refractivity (Wildman–Crippen MR) is 78.7 cm³/mol. The van der Waals surface area contributed by atoms with E-state index in [1.54, 1.807) is 0 Å². The van der Waals surface area contributed by atoms with Gasteiger partial charge in [-0.05, 0) is 45.2 Å². The van der Waals surface area contributed by atoms with Gasteiger partial charge in [0.15, 0.2) is 5.78 Å². The van der Waals surface area contributed by atoms with Crippen molar-refractivity contribution in [1.82, 2.24) is 9.47 Å². The molecule has 0 N–H and O–H groups in total. The Morgan fingerprint density at radius 3 is 2.74 bits per heavy atom. The zero-order valence-corrected chi connectivity index (χ0v) is 12.7. The van der Waals surface area contributed by atoms with Crippen LogP contribution in [0.5, 0.6) is 0 Å². The Morgan fingerprint density at radius 1 is 1.42 bits per heavy atom. The molecule has 0 spiro atoms. The molecule has 0 saturated carbocycles. The number of aromatic nitrogens is 1. The van der Waals surface area contributed by atoms with E-state index in [0.29, 0.717) is 6.54 Å². The third kappa shape index (κ3) is 3.08. The highest BCUT2D eigenvalue weighted by atomic mass is 16.1. The van der Waals surface area contributed by atoms with E-state index in [4.69, 9.17) is 0 Å². The predicted octanol–water partition coefficient (Wildman–Crippen LogP) is 2.95. The molecule has 2 rings (SSSR count). The molecule has 1 atom stereocenters. The molecule has 1 aromatic rings. The molecule has 3 nitrogen and oxygen atoms in total. The lowest BCUT2D eigenvalue weighted by atomic mass is 9.95. The third-order valence-electron chi connectivity index (χ3n) is 4.62. The van der Waals surface area contributed by atoms with Crippen LogP contribution in [0.4, 0.5) is 0 Å². The van der Waals surface area contributed by atoms with Crippen LogP contribution in [0.2, 0.25) is 0 Å². The van der Waals surface area contributed by atoms with Gasteiger partial charge in [0.05, 0.1) is 6.54 Å². The Hall–Kier alpha value is -1.09. The summed E-state index contributed by atoms with van der Waals surface area (Å²) in [5.41, 5.74) is 3.15. The minimum Gasteiger partial charge on any atom is -0.351 e. The van der Waals surface area contributed by atoms with Gasteiger partial charge in [0, 0.05) is 30.5 Å². The Kier molecular flexibility index (Phi) is 4.46. The van der Waals surface area contributed by atoms with E-state index in [-0.39, 0.29) is 5.78 Å². The first-order chi connectivity index (χ1) is 9.02. The fourth-order valence-corrected chi connectivity index (χ4v) is 3.05. The summed E-state index contributed by atoms with van der Waals surface area (Å²) in [6.45, 7) is 9.09. The Labute approximate surface area is 116 Å². The number of hydrogen-bond acceptors (Lipinski definition) is 2. The SMILES string of the molecule is CCC1CCCN(CC(=O)c2cc(C)n(C)c2C)C1. The summed E-state index contributed by atoms with van der Waals surface area (Å²) in [6, 6.07) is 2.03. The van der Waals surface area contributed by atoms with Crippen molar-refractivity contribution in [2.24, 2.45) is 13.0 Å². The highest BCUT2D eigenvalue weighted by molar-refractivity contribution is 5.99. The van der Waals surface area contributed by atoms with Crippen LogP contribution < -0.4 is 0 Å². The van der Waals surface area contributed by atoms with Crippen molar-refractivity contribution in [2.75, 3.05) is 19.6 Å². The molecule has 0 radical (unpaired) electrons. The Balaban J connectivity index is 2.02. The van der Waals surface area contributed by atoms with Crippen LogP contribution >= 0.6 is 0 Å². The van der Waals surface area contributed by atoms with E-state index >= 15 is 0 Å². The molecule has 1 unspecified atom stereocenters. The summed E-state index contributed by atoms with van der Waals surface area (Å²) in [5.74, 6) is 1.05. The highest BCUT2D eigenvalue weighted by Gasteiger charge is 2.22. The van der Waals surface area contributed by atoms with Gasteiger partial charge in [-0.25, -0.2) is 0 Å². The molecule has 1 fully saturated rings. The smallest absolute Gasteiger partial charge is 0.178 e. The van der Waals surface area contributed by atoms with Crippen LogP contribution in [0.25, 0.3) is 0 Å². The van der Waals surface area contributed by atoms with Gasteiger partial charge in [-0.1, -0.05) is 13.3 Å². The van der Waals surface area contributed by atoms with Crippen molar-refractivity contribution in [3.8, 4) is 0 Å². The first kappa shape index (κ1) is 14.3.